The van der Waals surface area contributed by atoms with Gasteiger partial charge in [-0.2, -0.15) is 5.26 Å². The number of nitriles is 1. The molecule has 2 rings (SSSR count). The number of aryl methyl sites for hydroxylation is 1. The summed E-state index contributed by atoms with van der Waals surface area (Å²) in [5.74, 6) is 5.92. The summed E-state index contributed by atoms with van der Waals surface area (Å²) in [6.45, 7) is 2.19. The lowest BCUT2D eigenvalue weighted by molar-refractivity contribution is 0.0952. The van der Waals surface area contributed by atoms with Crippen molar-refractivity contribution >= 4 is 11.6 Å². The molecule has 21 heavy (non-hydrogen) atoms. The molecular formula is C15H16N4O2. The van der Waals surface area contributed by atoms with E-state index in [1.54, 1.807) is 25.1 Å². The lowest BCUT2D eigenvalue weighted by Crippen LogP contribution is -2.30. The van der Waals surface area contributed by atoms with Gasteiger partial charge in [-0.15, -0.1) is 0 Å². The first-order chi connectivity index (χ1) is 10.0. The fourth-order valence-corrected chi connectivity index (χ4v) is 2.06. The minimum Gasteiger partial charge on any atom is -0.464 e. The Labute approximate surface area is 122 Å². The molecule has 6 heteroatoms. The smallest absolute Gasteiger partial charge is 0.268 e. The maximum absolute atomic E-state index is 11.5. The van der Waals surface area contributed by atoms with Crippen molar-refractivity contribution in [2.45, 2.75) is 13.5 Å². The van der Waals surface area contributed by atoms with Crippen LogP contribution in [0.2, 0.25) is 0 Å². The molecule has 1 heterocycles. The Morgan fingerprint density at radius 2 is 2.24 bits per heavy atom. The second kappa shape index (κ2) is 6.11. The molecule has 0 saturated carbocycles. The number of furan rings is 1. The molecule has 0 radical (unpaired) electrons. The first kappa shape index (κ1) is 14.6. The highest BCUT2D eigenvalue weighted by Crippen LogP contribution is 2.20. The van der Waals surface area contributed by atoms with Gasteiger partial charge in [-0.25, -0.2) is 5.84 Å². The van der Waals surface area contributed by atoms with Crippen LogP contribution in [-0.2, 0) is 6.54 Å². The number of carbonyl (C=O) groups is 1. The number of hydrogen-bond acceptors (Lipinski definition) is 5. The lowest BCUT2D eigenvalue weighted by Gasteiger charge is -2.17. The Morgan fingerprint density at radius 1 is 1.48 bits per heavy atom. The number of hydrazine groups is 1. The number of nitrogens with zero attached hydrogens (tertiary/aromatic N) is 2. The van der Waals surface area contributed by atoms with Gasteiger partial charge in [0.2, 0.25) is 0 Å². The van der Waals surface area contributed by atoms with Crippen molar-refractivity contribution in [3.05, 3.63) is 53.0 Å². The van der Waals surface area contributed by atoms with Crippen molar-refractivity contribution in [3.63, 3.8) is 0 Å². The summed E-state index contributed by atoms with van der Waals surface area (Å²) in [6.07, 6.45) is 0. The molecular weight excluding hydrogens is 268 g/mol. The molecule has 0 fully saturated rings. The number of carbonyl (C=O) groups excluding carboxylic acids is 1. The minimum atomic E-state index is -0.378. The third kappa shape index (κ3) is 3.22. The van der Waals surface area contributed by atoms with E-state index in [0.717, 1.165) is 5.69 Å². The molecule has 0 aliphatic rings. The van der Waals surface area contributed by atoms with Gasteiger partial charge in [0.15, 0.2) is 0 Å². The number of anilines is 1. The van der Waals surface area contributed by atoms with Crippen molar-refractivity contribution < 1.29 is 9.21 Å². The normalized spacial score (nSPS) is 10.0. The predicted molar refractivity (Wildman–Crippen MR) is 78.4 cm³/mol. The highest BCUT2D eigenvalue weighted by Gasteiger charge is 2.15. The maximum Gasteiger partial charge on any atom is 0.268 e. The summed E-state index contributed by atoms with van der Waals surface area (Å²) < 4.78 is 5.56. The second-order valence-electron chi connectivity index (χ2n) is 4.67. The number of rotatable bonds is 4. The molecule has 0 spiro atoms. The standard InChI is InChI=1S/C15H16N4O2/c1-10-14(15(20)18-17)7-13(21-10)9-19(2)12-5-3-4-11(6-12)8-16/h3-7H,9,17H2,1-2H3,(H,18,20). The molecule has 0 aliphatic carbocycles. The highest BCUT2D eigenvalue weighted by atomic mass is 16.3. The number of nitrogen functional groups attached to an aromatic ring is 1. The van der Waals surface area contributed by atoms with Crippen LogP contribution < -0.4 is 16.2 Å². The van der Waals surface area contributed by atoms with Gasteiger partial charge in [0.25, 0.3) is 5.91 Å². The third-order valence-electron chi connectivity index (χ3n) is 3.15. The number of hydrogen-bond donors (Lipinski definition) is 2. The summed E-state index contributed by atoms with van der Waals surface area (Å²) in [4.78, 5) is 13.5. The maximum atomic E-state index is 11.5. The quantitative estimate of drug-likeness (QED) is 0.506. The first-order valence-electron chi connectivity index (χ1n) is 6.36. The van der Waals surface area contributed by atoms with Gasteiger partial charge in [0.05, 0.1) is 23.7 Å². The Morgan fingerprint density at radius 3 is 2.90 bits per heavy atom. The monoisotopic (exact) mass is 284 g/mol. The summed E-state index contributed by atoms with van der Waals surface area (Å²) in [7, 11) is 1.89. The van der Waals surface area contributed by atoms with E-state index >= 15 is 0 Å². The Bertz CT molecular complexity index is 700. The highest BCUT2D eigenvalue weighted by molar-refractivity contribution is 5.94. The van der Waals surface area contributed by atoms with Gasteiger partial charge in [0, 0.05) is 12.7 Å². The van der Waals surface area contributed by atoms with E-state index in [2.05, 4.69) is 11.5 Å². The van der Waals surface area contributed by atoms with Crippen molar-refractivity contribution in [2.75, 3.05) is 11.9 Å². The third-order valence-corrected chi connectivity index (χ3v) is 3.15. The minimum absolute atomic E-state index is 0.378. The van der Waals surface area contributed by atoms with Crippen LogP contribution in [0, 0.1) is 18.3 Å². The summed E-state index contributed by atoms with van der Waals surface area (Å²) >= 11 is 0. The van der Waals surface area contributed by atoms with Gasteiger partial charge in [-0.05, 0) is 31.2 Å². The number of nitrogens with two attached hydrogens (primary N) is 1. The van der Waals surface area contributed by atoms with Crippen molar-refractivity contribution in [1.82, 2.24) is 5.43 Å². The van der Waals surface area contributed by atoms with E-state index in [9.17, 15) is 4.79 Å². The Balaban J connectivity index is 2.18. The fourth-order valence-electron chi connectivity index (χ4n) is 2.06. The SMILES string of the molecule is Cc1oc(CN(C)c2cccc(C#N)c2)cc1C(=O)NN. The lowest BCUT2D eigenvalue weighted by atomic mass is 10.2. The number of amides is 1. The molecule has 0 unspecified atom stereocenters. The van der Waals surface area contributed by atoms with Gasteiger partial charge in [-0.1, -0.05) is 6.07 Å². The Hall–Kier alpha value is -2.78. The summed E-state index contributed by atoms with van der Waals surface area (Å²) in [5.41, 5.74) is 4.00. The molecule has 2 aromatic rings. The summed E-state index contributed by atoms with van der Waals surface area (Å²) in [5, 5.41) is 8.92. The molecule has 0 bridgehead atoms. The van der Waals surface area contributed by atoms with Gasteiger partial charge >= 0.3 is 0 Å². The van der Waals surface area contributed by atoms with E-state index < -0.39 is 0 Å². The number of nitrogens with one attached hydrogen (secondary N) is 1. The van der Waals surface area contributed by atoms with Crippen molar-refractivity contribution in [2.24, 2.45) is 5.84 Å². The van der Waals surface area contributed by atoms with Crippen LogP contribution in [0.5, 0.6) is 0 Å². The van der Waals surface area contributed by atoms with Crippen LogP contribution >= 0.6 is 0 Å². The molecule has 1 aromatic carbocycles. The van der Waals surface area contributed by atoms with E-state index in [0.29, 0.717) is 29.2 Å². The van der Waals surface area contributed by atoms with Crippen molar-refractivity contribution in [1.29, 1.82) is 5.26 Å². The zero-order valence-electron chi connectivity index (χ0n) is 11.9. The van der Waals surface area contributed by atoms with Gasteiger partial charge < -0.3 is 9.32 Å². The Kier molecular flexibility index (Phi) is 4.26. The van der Waals surface area contributed by atoms with E-state index in [4.69, 9.17) is 15.5 Å². The van der Waals surface area contributed by atoms with Crippen LogP contribution in [0.3, 0.4) is 0 Å². The van der Waals surface area contributed by atoms with Crippen LogP contribution in [0.25, 0.3) is 0 Å². The average molecular weight is 284 g/mol. The first-order valence-corrected chi connectivity index (χ1v) is 6.36. The molecule has 1 amide bonds. The van der Waals surface area contributed by atoms with Crippen LogP contribution in [0.4, 0.5) is 5.69 Å². The molecule has 0 saturated heterocycles. The second-order valence-corrected chi connectivity index (χ2v) is 4.67. The van der Waals surface area contributed by atoms with E-state index in [1.807, 2.05) is 24.1 Å². The van der Waals surface area contributed by atoms with Gasteiger partial charge in [-0.3, -0.25) is 10.2 Å². The van der Waals surface area contributed by atoms with Crippen LogP contribution in [-0.4, -0.2) is 13.0 Å². The molecule has 108 valence electrons. The van der Waals surface area contributed by atoms with Crippen LogP contribution in [0.15, 0.2) is 34.7 Å². The summed E-state index contributed by atoms with van der Waals surface area (Å²) in [6, 6.07) is 11.0. The zero-order chi connectivity index (χ0) is 15.4. The molecule has 0 aliphatic heterocycles. The zero-order valence-corrected chi connectivity index (χ0v) is 11.9. The predicted octanol–water partition coefficient (Wildman–Crippen LogP) is 1.70. The molecule has 0 atom stereocenters. The molecule has 3 N–H and O–H groups in total. The van der Waals surface area contributed by atoms with Crippen LogP contribution in [0.1, 0.15) is 27.4 Å². The molecule has 6 nitrogen and oxygen atoms in total. The fraction of sp³-hybridized carbons (Fsp3) is 0.200. The molecule has 1 aromatic heterocycles. The van der Waals surface area contributed by atoms with Gasteiger partial charge in [0.1, 0.15) is 11.5 Å². The topological polar surface area (TPSA) is 95.3 Å². The van der Waals surface area contributed by atoms with E-state index in [1.165, 1.54) is 0 Å². The van der Waals surface area contributed by atoms with E-state index in [-0.39, 0.29) is 5.91 Å². The number of benzene rings is 1. The largest absolute Gasteiger partial charge is 0.464 e. The van der Waals surface area contributed by atoms with Crippen molar-refractivity contribution in [3.8, 4) is 6.07 Å². The average Bonchev–Trinajstić information content (AvgIpc) is 2.87.